The van der Waals surface area contributed by atoms with Crippen LogP contribution in [-0.2, 0) is 0 Å². The van der Waals surface area contributed by atoms with Crippen molar-refractivity contribution in [2.75, 3.05) is 19.0 Å². The molecule has 108 valence electrons. The molecule has 0 N–H and O–H groups in total. The summed E-state index contributed by atoms with van der Waals surface area (Å²) in [7, 11) is 3.81. The first-order chi connectivity index (χ1) is 9.99. The fourth-order valence-electron chi connectivity index (χ4n) is 1.60. The lowest BCUT2D eigenvalue weighted by molar-refractivity contribution is 0.716. The number of nitrogens with zero attached hydrogens (tertiary/aromatic N) is 5. The second-order valence-electron chi connectivity index (χ2n) is 5.07. The van der Waals surface area contributed by atoms with Gasteiger partial charge >= 0.3 is 0 Å². The van der Waals surface area contributed by atoms with Crippen LogP contribution in [0.15, 0.2) is 34.3 Å². The van der Waals surface area contributed by atoms with Gasteiger partial charge in [-0.1, -0.05) is 19.9 Å². The van der Waals surface area contributed by atoms with Crippen molar-refractivity contribution in [1.29, 1.82) is 5.26 Å². The van der Waals surface area contributed by atoms with Gasteiger partial charge in [0.15, 0.2) is 5.16 Å². The van der Waals surface area contributed by atoms with E-state index in [1.54, 1.807) is 6.07 Å². The van der Waals surface area contributed by atoms with Gasteiger partial charge in [-0.25, -0.2) is 4.98 Å². The summed E-state index contributed by atoms with van der Waals surface area (Å²) in [5, 5.41) is 9.60. The van der Waals surface area contributed by atoms with Crippen LogP contribution in [0, 0.1) is 11.3 Å². The molecule has 0 bridgehead atoms. The number of anilines is 1. The Kier molecular flexibility index (Phi) is 4.76. The maximum Gasteiger partial charge on any atom is 0.229 e. The van der Waals surface area contributed by atoms with Gasteiger partial charge in [0, 0.05) is 24.9 Å². The topological polar surface area (TPSA) is 65.7 Å². The van der Waals surface area contributed by atoms with Crippen LogP contribution < -0.4 is 4.90 Å². The van der Waals surface area contributed by atoms with Crippen LogP contribution >= 0.6 is 11.8 Å². The molecule has 1 aromatic carbocycles. The minimum absolute atomic E-state index is 0.233. The van der Waals surface area contributed by atoms with Crippen LogP contribution in [0.5, 0.6) is 0 Å². The monoisotopic (exact) mass is 299 g/mol. The van der Waals surface area contributed by atoms with Crippen LogP contribution in [0.25, 0.3) is 0 Å². The molecule has 2 aromatic rings. The smallest absolute Gasteiger partial charge is 0.229 e. The molecule has 5 nitrogen and oxygen atoms in total. The Morgan fingerprint density at radius 1 is 1.19 bits per heavy atom. The zero-order valence-corrected chi connectivity index (χ0v) is 13.3. The SMILES string of the molecule is CC(C)c1nc(Sc2cccc(C#N)c2)nc(N(C)C)n1. The van der Waals surface area contributed by atoms with Crippen molar-refractivity contribution in [1.82, 2.24) is 15.0 Å². The number of benzene rings is 1. The van der Waals surface area contributed by atoms with E-state index in [0.29, 0.717) is 16.7 Å². The summed E-state index contributed by atoms with van der Waals surface area (Å²) in [6.45, 7) is 4.11. The van der Waals surface area contributed by atoms with Crippen molar-refractivity contribution < 1.29 is 0 Å². The van der Waals surface area contributed by atoms with E-state index >= 15 is 0 Å². The first-order valence-electron chi connectivity index (χ1n) is 6.61. The zero-order chi connectivity index (χ0) is 15.4. The quantitative estimate of drug-likeness (QED) is 0.864. The molecule has 1 aromatic heterocycles. The predicted octanol–water partition coefficient (Wildman–Crippen LogP) is 3.08. The van der Waals surface area contributed by atoms with Gasteiger partial charge in [0.2, 0.25) is 5.95 Å². The minimum atomic E-state index is 0.233. The van der Waals surface area contributed by atoms with Crippen molar-refractivity contribution in [2.24, 2.45) is 0 Å². The Hall–Kier alpha value is -2.13. The molecule has 0 spiro atoms. The maximum absolute atomic E-state index is 8.95. The minimum Gasteiger partial charge on any atom is -0.347 e. The molecule has 0 aliphatic rings. The third-order valence-corrected chi connectivity index (χ3v) is 3.56. The van der Waals surface area contributed by atoms with Crippen LogP contribution in [0.4, 0.5) is 5.95 Å². The number of aromatic nitrogens is 3. The van der Waals surface area contributed by atoms with Gasteiger partial charge in [-0.05, 0) is 30.0 Å². The molecule has 0 unspecified atom stereocenters. The third-order valence-electron chi connectivity index (χ3n) is 2.71. The molecule has 6 heteroatoms. The molecule has 0 aliphatic heterocycles. The first kappa shape index (κ1) is 15.3. The molecule has 0 radical (unpaired) electrons. The van der Waals surface area contributed by atoms with Crippen molar-refractivity contribution in [3.63, 3.8) is 0 Å². The van der Waals surface area contributed by atoms with Crippen molar-refractivity contribution in [3.05, 3.63) is 35.7 Å². The number of hydrogen-bond acceptors (Lipinski definition) is 6. The summed E-state index contributed by atoms with van der Waals surface area (Å²) >= 11 is 1.44. The van der Waals surface area contributed by atoms with E-state index in [0.717, 1.165) is 10.7 Å². The summed E-state index contributed by atoms with van der Waals surface area (Å²) in [4.78, 5) is 16.2. The summed E-state index contributed by atoms with van der Waals surface area (Å²) in [6.07, 6.45) is 0. The molecular formula is C15H17N5S. The largest absolute Gasteiger partial charge is 0.347 e. The Labute approximate surface area is 129 Å². The zero-order valence-electron chi connectivity index (χ0n) is 12.5. The van der Waals surface area contributed by atoms with Gasteiger partial charge in [0.05, 0.1) is 11.6 Å². The van der Waals surface area contributed by atoms with E-state index in [4.69, 9.17) is 5.26 Å². The van der Waals surface area contributed by atoms with Gasteiger partial charge < -0.3 is 4.90 Å². The van der Waals surface area contributed by atoms with Crippen LogP contribution in [0.1, 0.15) is 31.2 Å². The summed E-state index contributed by atoms with van der Waals surface area (Å²) < 4.78 is 0. The molecule has 0 saturated carbocycles. The highest BCUT2D eigenvalue weighted by molar-refractivity contribution is 7.99. The lowest BCUT2D eigenvalue weighted by Gasteiger charge is -2.13. The van der Waals surface area contributed by atoms with Gasteiger partial charge in [0.1, 0.15) is 5.82 Å². The molecule has 0 fully saturated rings. The van der Waals surface area contributed by atoms with Crippen molar-refractivity contribution in [2.45, 2.75) is 29.8 Å². The van der Waals surface area contributed by atoms with E-state index in [2.05, 4.69) is 34.9 Å². The normalized spacial score (nSPS) is 10.5. The Balaban J connectivity index is 2.36. The average molecular weight is 299 g/mol. The standard InChI is InChI=1S/C15H17N5S/c1-10(2)13-17-14(20(3)4)19-15(18-13)21-12-7-5-6-11(8-12)9-16/h5-8,10H,1-4H3. The Bertz CT molecular complexity index is 650. The summed E-state index contributed by atoms with van der Waals surface area (Å²) in [5.74, 6) is 1.65. The van der Waals surface area contributed by atoms with Crippen LogP contribution in [0.3, 0.4) is 0 Å². The highest BCUT2D eigenvalue weighted by atomic mass is 32.2. The van der Waals surface area contributed by atoms with E-state index < -0.39 is 0 Å². The summed E-state index contributed by atoms with van der Waals surface area (Å²) in [6, 6.07) is 9.55. The van der Waals surface area contributed by atoms with Crippen molar-refractivity contribution >= 4 is 17.7 Å². The van der Waals surface area contributed by atoms with Crippen molar-refractivity contribution in [3.8, 4) is 6.07 Å². The fraction of sp³-hybridized carbons (Fsp3) is 0.333. The molecule has 2 rings (SSSR count). The summed E-state index contributed by atoms with van der Waals surface area (Å²) in [5.41, 5.74) is 0.631. The van der Waals surface area contributed by atoms with Crippen LogP contribution in [0.2, 0.25) is 0 Å². The second kappa shape index (κ2) is 6.55. The lowest BCUT2D eigenvalue weighted by atomic mass is 10.2. The van der Waals surface area contributed by atoms with Gasteiger partial charge in [-0.15, -0.1) is 0 Å². The van der Waals surface area contributed by atoms with Gasteiger partial charge in [0.25, 0.3) is 0 Å². The van der Waals surface area contributed by atoms with E-state index in [-0.39, 0.29) is 5.92 Å². The van der Waals surface area contributed by atoms with Gasteiger partial charge in [-0.3, -0.25) is 0 Å². The molecule has 0 aliphatic carbocycles. The predicted molar refractivity (Wildman–Crippen MR) is 83.5 cm³/mol. The number of rotatable bonds is 4. The molecular weight excluding hydrogens is 282 g/mol. The average Bonchev–Trinajstić information content (AvgIpc) is 2.47. The lowest BCUT2D eigenvalue weighted by Crippen LogP contribution is -2.15. The van der Waals surface area contributed by atoms with E-state index in [1.165, 1.54) is 11.8 Å². The molecule has 21 heavy (non-hydrogen) atoms. The maximum atomic E-state index is 8.95. The third kappa shape index (κ3) is 3.92. The molecule has 0 atom stereocenters. The fourth-order valence-corrected chi connectivity index (χ4v) is 2.41. The molecule has 0 saturated heterocycles. The highest BCUT2D eigenvalue weighted by Crippen LogP contribution is 2.27. The molecule has 0 amide bonds. The first-order valence-corrected chi connectivity index (χ1v) is 7.42. The Morgan fingerprint density at radius 2 is 1.95 bits per heavy atom. The second-order valence-corrected chi connectivity index (χ2v) is 6.11. The highest BCUT2D eigenvalue weighted by Gasteiger charge is 2.12. The van der Waals surface area contributed by atoms with E-state index in [1.807, 2.05) is 37.2 Å². The molecule has 1 heterocycles. The number of nitriles is 1. The number of hydrogen-bond donors (Lipinski definition) is 0. The van der Waals surface area contributed by atoms with Gasteiger partial charge in [-0.2, -0.15) is 15.2 Å². The Morgan fingerprint density at radius 3 is 2.57 bits per heavy atom. The van der Waals surface area contributed by atoms with Crippen LogP contribution in [-0.4, -0.2) is 29.0 Å². The van der Waals surface area contributed by atoms with E-state index in [9.17, 15) is 0 Å².